The van der Waals surface area contributed by atoms with Crippen molar-refractivity contribution in [2.75, 3.05) is 18.8 Å². The van der Waals surface area contributed by atoms with E-state index in [1.807, 2.05) is 42.0 Å². The molecule has 27 heavy (non-hydrogen) atoms. The van der Waals surface area contributed by atoms with Gasteiger partial charge in [-0.2, -0.15) is 0 Å². The number of carbonyl (C=O) groups is 1. The number of sulfonamides is 1. The summed E-state index contributed by atoms with van der Waals surface area (Å²) in [7, 11) is -3.24. The SMILES string of the molecule is CCS(=O)(=O)N1CCCC(C(=O)NCc2ccc(-n3ccnc3C)cc2)C1. The van der Waals surface area contributed by atoms with Gasteiger partial charge in [-0.25, -0.2) is 17.7 Å². The predicted molar refractivity (Wildman–Crippen MR) is 104 cm³/mol. The number of nitrogens with zero attached hydrogens (tertiary/aromatic N) is 3. The Morgan fingerprint density at radius 1 is 1.30 bits per heavy atom. The van der Waals surface area contributed by atoms with Crippen molar-refractivity contribution in [1.29, 1.82) is 0 Å². The number of aromatic nitrogens is 2. The van der Waals surface area contributed by atoms with E-state index in [9.17, 15) is 13.2 Å². The predicted octanol–water partition coefficient (Wildman–Crippen LogP) is 1.86. The van der Waals surface area contributed by atoms with E-state index >= 15 is 0 Å². The topological polar surface area (TPSA) is 84.3 Å². The van der Waals surface area contributed by atoms with Gasteiger partial charge in [0.05, 0.1) is 11.7 Å². The van der Waals surface area contributed by atoms with Gasteiger partial charge >= 0.3 is 0 Å². The zero-order chi connectivity index (χ0) is 19.4. The molecular weight excluding hydrogens is 364 g/mol. The summed E-state index contributed by atoms with van der Waals surface area (Å²) in [5.74, 6) is 0.623. The highest BCUT2D eigenvalue weighted by Crippen LogP contribution is 2.20. The van der Waals surface area contributed by atoms with Crippen LogP contribution in [0.2, 0.25) is 0 Å². The number of nitrogens with one attached hydrogen (secondary N) is 1. The Labute approximate surface area is 160 Å². The van der Waals surface area contributed by atoms with E-state index in [0.717, 1.165) is 29.9 Å². The average Bonchev–Trinajstić information content (AvgIpc) is 3.12. The molecule has 1 aromatic carbocycles. The fraction of sp³-hybridized carbons (Fsp3) is 0.474. The molecule has 1 saturated heterocycles. The molecule has 146 valence electrons. The molecule has 0 radical (unpaired) electrons. The number of imidazole rings is 1. The standard InChI is InChI=1S/C19H26N4O3S/c1-3-27(25,26)22-11-4-5-17(14-22)19(24)21-13-16-6-8-18(9-7-16)23-12-10-20-15(23)2/h6-10,12,17H,3-5,11,13-14H2,1-2H3,(H,21,24). The van der Waals surface area contributed by atoms with Crippen molar-refractivity contribution < 1.29 is 13.2 Å². The molecule has 1 N–H and O–H groups in total. The summed E-state index contributed by atoms with van der Waals surface area (Å²) in [4.78, 5) is 16.7. The molecule has 8 heteroatoms. The lowest BCUT2D eigenvalue weighted by atomic mass is 9.99. The Kier molecular flexibility index (Phi) is 5.96. The molecule has 1 amide bonds. The van der Waals surface area contributed by atoms with E-state index in [2.05, 4.69) is 10.3 Å². The van der Waals surface area contributed by atoms with Crippen molar-refractivity contribution in [3.8, 4) is 5.69 Å². The zero-order valence-corrected chi connectivity index (χ0v) is 16.6. The summed E-state index contributed by atoms with van der Waals surface area (Å²) >= 11 is 0. The molecule has 3 rings (SSSR count). The summed E-state index contributed by atoms with van der Waals surface area (Å²) < 4.78 is 27.5. The molecule has 1 aliphatic rings. The lowest BCUT2D eigenvalue weighted by Gasteiger charge is -2.30. The Balaban J connectivity index is 1.57. The normalized spacial score (nSPS) is 18.4. The van der Waals surface area contributed by atoms with Crippen molar-refractivity contribution in [3.63, 3.8) is 0 Å². The van der Waals surface area contributed by atoms with Gasteiger partial charge in [0.15, 0.2) is 0 Å². The van der Waals surface area contributed by atoms with E-state index in [0.29, 0.717) is 13.1 Å². The van der Waals surface area contributed by atoms with Crippen LogP contribution in [0.4, 0.5) is 0 Å². The Morgan fingerprint density at radius 3 is 2.67 bits per heavy atom. The fourth-order valence-corrected chi connectivity index (χ4v) is 4.53. The van der Waals surface area contributed by atoms with Crippen molar-refractivity contribution in [3.05, 3.63) is 48.0 Å². The van der Waals surface area contributed by atoms with E-state index in [1.54, 1.807) is 13.1 Å². The number of piperidine rings is 1. The van der Waals surface area contributed by atoms with Crippen molar-refractivity contribution in [2.45, 2.75) is 33.2 Å². The first-order chi connectivity index (χ1) is 12.9. The summed E-state index contributed by atoms with van der Waals surface area (Å²) in [6, 6.07) is 7.94. The van der Waals surface area contributed by atoms with Gasteiger partial charge in [0.1, 0.15) is 5.82 Å². The lowest BCUT2D eigenvalue weighted by molar-refractivity contribution is -0.126. The van der Waals surface area contributed by atoms with Gasteiger partial charge in [0, 0.05) is 37.7 Å². The summed E-state index contributed by atoms with van der Waals surface area (Å²) in [5.41, 5.74) is 2.02. The lowest BCUT2D eigenvalue weighted by Crippen LogP contribution is -2.45. The van der Waals surface area contributed by atoms with Gasteiger partial charge in [-0.1, -0.05) is 12.1 Å². The van der Waals surface area contributed by atoms with Gasteiger partial charge in [-0.05, 0) is 44.4 Å². The van der Waals surface area contributed by atoms with Crippen LogP contribution in [0.15, 0.2) is 36.7 Å². The monoisotopic (exact) mass is 390 g/mol. The molecule has 1 atom stereocenters. The highest BCUT2D eigenvalue weighted by molar-refractivity contribution is 7.89. The number of benzene rings is 1. The third-order valence-corrected chi connectivity index (χ3v) is 6.87. The average molecular weight is 391 g/mol. The van der Waals surface area contributed by atoms with Crippen LogP contribution in [0.5, 0.6) is 0 Å². The first-order valence-corrected chi connectivity index (χ1v) is 10.9. The minimum atomic E-state index is -3.24. The van der Waals surface area contributed by atoms with E-state index < -0.39 is 10.0 Å². The van der Waals surface area contributed by atoms with Crippen LogP contribution in [0.25, 0.3) is 5.69 Å². The Hall–Kier alpha value is -2.19. The van der Waals surface area contributed by atoms with Crippen LogP contribution in [0, 0.1) is 12.8 Å². The van der Waals surface area contributed by atoms with Crippen LogP contribution in [0.3, 0.4) is 0 Å². The van der Waals surface area contributed by atoms with Crippen LogP contribution >= 0.6 is 0 Å². The maximum absolute atomic E-state index is 12.5. The van der Waals surface area contributed by atoms with Crippen LogP contribution in [-0.4, -0.2) is 47.0 Å². The largest absolute Gasteiger partial charge is 0.352 e. The minimum Gasteiger partial charge on any atom is -0.352 e. The first-order valence-electron chi connectivity index (χ1n) is 9.25. The summed E-state index contributed by atoms with van der Waals surface area (Å²) in [5, 5.41) is 2.94. The summed E-state index contributed by atoms with van der Waals surface area (Å²) in [6.45, 7) is 4.79. The molecule has 7 nitrogen and oxygen atoms in total. The molecule has 0 aliphatic carbocycles. The van der Waals surface area contributed by atoms with Gasteiger partial charge in [0.2, 0.25) is 15.9 Å². The molecule has 0 spiro atoms. The van der Waals surface area contributed by atoms with Crippen LogP contribution < -0.4 is 5.32 Å². The molecular formula is C19H26N4O3S. The highest BCUT2D eigenvalue weighted by Gasteiger charge is 2.31. The molecule has 1 aliphatic heterocycles. The summed E-state index contributed by atoms with van der Waals surface area (Å²) in [6.07, 6.45) is 5.11. The second-order valence-corrected chi connectivity index (χ2v) is 9.08. The van der Waals surface area contributed by atoms with Gasteiger partial charge in [0.25, 0.3) is 0 Å². The van der Waals surface area contributed by atoms with Crippen LogP contribution in [-0.2, 0) is 21.4 Å². The third-order valence-electron chi connectivity index (χ3n) is 5.02. The van der Waals surface area contributed by atoms with Crippen molar-refractivity contribution in [1.82, 2.24) is 19.2 Å². The van der Waals surface area contributed by atoms with Crippen LogP contribution in [0.1, 0.15) is 31.2 Å². The molecule has 2 heterocycles. The van der Waals surface area contributed by atoms with Crippen molar-refractivity contribution >= 4 is 15.9 Å². The number of amides is 1. The van der Waals surface area contributed by atoms with Crippen molar-refractivity contribution in [2.24, 2.45) is 5.92 Å². The fourth-order valence-electron chi connectivity index (χ4n) is 3.35. The number of carbonyl (C=O) groups excluding carboxylic acids is 1. The third kappa shape index (κ3) is 4.56. The Morgan fingerprint density at radius 2 is 2.04 bits per heavy atom. The highest BCUT2D eigenvalue weighted by atomic mass is 32.2. The number of rotatable bonds is 6. The minimum absolute atomic E-state index is 0.0735. The molecule has 0 saturated carbocycles. The number of hydrogen-bond acceptors (Lipinski definition) is 4. The molecule has 1 aromatic heterocycles. The number of hydrogen-bond donors (Lipinski definition) is 1. The van der Waals surface area contributed by atoms with E-state index in [-0.39, 0.29) is 24.1 Å². The maximum atomic E-state index is 12.5. The van der Waals surface area contributed by atoms with Gasteiger partial charge < -0.3 is 9.88 Å². The zero-order valence-electron chi connectivity index (χ0n) is 15.8. The molecule has 0 bridgehead atoms. The second-order valence-electron chi connectivity index (χ2n) is 6.83. The van der Waals surface area contributed by atoms with Gasteiger partial charge in [-0.3, -0.25) is 4.79 Å². The molecule has 1 unspecified atom stereocenters. The maximum Gasteiger partial charge on any atom is 0.224 e. The second kappa shape index (κ2) is 8.22. The van der Waals surface area contributed by atoms with Gasteiger partial charge in [-0.15, -0.1) is 0 Å². The van der Waals surface area contributed by atoms with E-state index in [4.69, 9.17) is 0 Å². The first kappa shape index (κ1) is 19.6. The smallest absolute Gasteiger partial charge is 0.224 e. The Bertz CT molecular complexity index is 890. The van der Waals surface area contributed by atoms with E-state index in [1.165, 1.54) is 4.31 Å². The molecule has 2 aromatic rings. The number of aryl methyl sites for hydroxylation is 1. The quantitative estimate of drug-likeness (QED) is 0.816. The molecule has 1 fully saturated rings.